The molecule has 0 bridgehead atoms. The lowest BCUT2D eigenvalue weighted by molar-refractivity contribution is -0.384. The summed E-state index contributed by atoms with van der Waals surface area (Å²) in [5.41, 5.74) is 9.79. The Balaban J connectivity index is 1.69. The molecule has 2 aromatic heterocycles. The minimum atomic E-state index is -0.483. The average Bonchev–Trinajstić information content (AvgIpc) is 3.06. The Labute approximate surface area is 179 Å². The third kappa shape index (κ3) is 3.47. The molecule has 0 radical (unpaired) electrons. The lowest BCUT2D eigenvalue weighted by Crippen LogP contribution is -2.29. The largest absolute Gasteiger partial charge is 0.397 e. The van der Waals surface area contributed by atoms with Gasteiger partial charge in [0.1, 0.15) is 9.71 Å². The van der Waals surface area contributed by atoms with E-state index in [0.29, 0.717) is 22.0 Å². The normalized spacial score (nSPS) is 16.4. The van der Waals surface area contributed by atoms with Gasteiger partial charge in [-0.25, -0.2) is 4.98 Å². The molecule has 1 aliphatic rings. The van der Waals surface area contributed by atoms with E-state index >= 15 is 0 Å². The van der Waals surface area contributed by atoms with Crippen molar-refractivity contribution in [2.45, 2.75) is 46.5 Å². The minimum Gasteiger partial charge on any atom is -0.397 e. The number of carbonyl (C=O) groups excluding carboxylic acids is 1. The van der Waals surface area contributed by atoms with Crippen molar-refractivity contribution < 1.29 is 9.72 Å². The van der Waals surface area contributed by atoms with Gasteiger partial charge in [0.15, 0.2) is 0 Å². The van der Waals surface area contributed by atoms with E-state index in [-0.39, 0.29) is 16.9 Å². The van der Waals surface area contributed by atoms with Crippen molar-refractivity contribution in [1.29, 1.82) is 0 Å². The lowest BCUT2D eigenvalue weighted by Gasteiger charge is -2.36. The number of aryl methyl sites for hydroxylation is 1. The number of nitro benzene ring substituents is 1. The number of ketones is 1. The molecule has 2 N–H and O–H groups in total. The van der Waals surface area contributed by atoms with Gasteiger partial charge < -0.3 is 5.73 Å². The van der Waals surface area contributed by atoms with Gasteiger partial charge >= 0.3 is 0 Å². The number of nitro groups is 1. The van der Waals surface area contributed by atoms with Gasteiger partial charge in [0.05, 0.1) is 10.6 Å². The molecule has 3 aromatic rings. The first kappa shape index (κ1) is 20.5. The second-order valence-corrected chi connectivity index (χ2v) is 9.71. The molecule has 156 valence electrons. The van der Waals surface area contributed by atoms with Crippen LogP contribution in [0.25, 0.3) is 10.2 Å². The Morgan fingerprint density at radius 2 is 2.03 bits per heavy atom. The quantitative estimate of drug-likeness (QED) is 0.329. The summed E-state index contributed by atoms with van der Waals surface area (Å²) < 4.78 is 0. The summed E-state index contributed by atoms with van der Waals surface area (Å²) in [6, 6.07) is 7.74. The summed E-state index contributed by atoms with van der Waals surface area (Å²) in [4.78, 5) is 29.4. The van der Waals surface area contributed by atoms with E-state index in [2.05, 4.69) is 26.8 Å². The SMILES string of the molecule is CCC(C)(C)C1CCc2nc3sc(C(=O)c4ccc([N+](=O)[O-])cc4)c(N)c3cc2C1. The van der Waals surface area contributed by atoms with Gasteiger partial charge in [0.2, 0.25) is 5.78 Å². The first-order valence-corrected chi connectivity index (χ1v) is 11.0. The molecule has 7 heteroatoms. The first-order valence-electron chi connectivity index (χ1n) is 10.2. The number of non-ortho nitro benzene ring substituents is 1. The predicted octanol–water partition coefficient (Wildman–Crippen LogP) is 5.56. The van der Waals surface area contributed by atoms with Gasteiger partial charge in [0, 0.05) is 28.8 Å². The molecule has 0 saturated carbocycles. The number of fused-ring (bicyclic) bond motifs is 2. The summed E-state index contributed by atoms with van der Waals surface area (Å²) in [6.07, 6.45) is 4.20. The maximum Gasteiger partial charge on any atom is 0.269 e. The van der Waals surface area contributed by atoms with Gasteiger partial charge in [0.25, 0.3) is 5.69 Å². The van der Waals surface area contributed by atoms with Crippen LogP contribution in [0.2, 0.25) is 0 Å². The van der Waals surface area contributed by atoms with Crippen LogP contribution in [0.4, 0.5) is 11.4 Å². The van der Waals surface area contributed by atoms with E-state index in [1.165, 1.54) is 41.2 Å². The molecule has 1 aromatic carbocycles. The zero-order valence-corrected chi connectivity index (χ0v) is 18.2. The molecule has 0 saturated heterocycles. The molecule has 2 heterocycles. The van der Waals surface area contributed by atoms with E-state index < -0.39 is 4.92 Å². The fraction of sp³-hybridized carbons (Fsp3) is 0.391. The van der Waals surface area contributed by atoms with Crippen molar-refractivity contribution in [3.8, 4) is 0 Å². The number of nitrogens with zero attached hydrogens (tertiary/aromatic N) is 2. The standard InChI is InChI=1S/C23H25N3O3S/c1-4-23(2,3)15-7-10-18-14(11-15)12-17-19(24)21(30-22(17)25-18)20(27)13-5-8-16(9-6-13)26(28)29/h5-6,8-9,12,15H,4,7,10-11,24H2,1-3H3. The van der Waals surface area contributed by atoms with E-state index in [9.17, 15) is 14.9 Å². The fourth-order valence-electron chi connectivity index (χ4n) is 4.18. The van der Waals surface area contributed by atoms with Crippen LogP contribution in [0, 0.1) is 21.4 Å². The molecule has 30 heavy (non-hydrogen) atoms. The number of carbonyl (C=O) groups is 1. The Morgan fingerprint density at radius 3 is 2.67 bits per heavy atom. The van der Waals surface area contributed by atoms with Crippen LogP contribution in [-0.4, -0.2) is 15.7 Å². The number of hydrogen-bond donors (Lipinski definition) is 1. The summed E-state index contributed by atoms with van der Waals surface area (Å²) in [5, 5.41) is 11.7. The molecule has 1 unspecified atom stereocenters. The first-order chi connectivity index (χ1) is 14.2. The number of nitrogens with two attached hydrogens (primary N) is 1. The third-order valence-electron chi connectivity index (χ3n) is 6.65. The van der Waals surface area contributed by atoms with Crippen molar-refractivity contribution >= 4 is 38.7 Å². The smallest absolute Gasteiger partial charge is 0.269 e. The topological polar surface area (TPSA) is 99.1 Å². The number of thiophene rings is 1. The van der Waals surface area contributed by atoms with Gasteiger partial charge in [-0.1, -0.05) is 27.2 Å². The molecule has 0 fully saturated rings. The molecule has 6 nitrogen and oxygen atoms in total. The molecular weight excluding hydrogens is 398 g/mol. The number of benzene rings is 1. The Hall–Kier alpha value is -2.80. The van der Waals surface area contributed by atoms with Gasteiger partial charge in [-0.3, -0.25) is 14.9 Å². The van der Waals surface area contributed by atoms with E-state index in [1.54, 1.807) is 0 Å². The van der Waals surface area contributed by atoms with Gasteiger partial charge in [-0.2, -0.15) is 0 Å². The van der Waals surface area contributed by atoms with E-state index in [0.717, 1.165) is 41.6 Å². The summed E-state index contributed by atoms with van der Waals surface area (Å²) in [6.45, 7) is 6.90. The monoisotopic (exact) mass is 423 g/mol. The zero-order chi connectivity index (χ0) is 21.6. The number of rotatable bonds is 5. The van der Waals surface area contributed by atoms with Crippen molar-refractivity contribution in [3.05, 3.63) is 62.1 Å². The number of pyridine rings is 1. The average molecular weight is 424 g/mol. The zero-order valence-electron chi connectivity index (χ0n) is 17.4. The fourth-order valence-corrected chi connectivity index (χ4v) is 5.24. The van der Waals surface area contributed by atoms with Crippen molar-refractivity contribution in [2.24, 2.45) is 11.3 Å². The molecule has 1 atom stereocenters. The maximum absolute atomic E-state index is 13.0. The molecule has 0 aliphatic heterocycles. The van der Waals surface area contributed by atoms with E-state index in [1.807, 2.05) is 0 Å². The number of aromatic nitrogens is 1. The second-order valence-electron chi connectivity index (χ2n) is 8.71. The maximum atomic E-state index is 13.0. The lowest BCUT2D eigenvalue weighted by atomic mass is 9.69. The minimum absolute atomic E-state index is 0.0465. The van der Waals surface area contributed by atoms with Crippen molar-refractivity contribution in [3.63, 3.8) is 0 Å². The summed E-state index contributed by atoms with van der Waals surface area (Å²) in [7, 11) is 0. The van der Waals surface area contributed by atoms with Crippen LogP contribution < -0.4 is 5.73 Å². The van der Waals surface area contributed by atoms with Crippen LogP contribution in [0.3, 0.4) is 0 Å². The molecule has 0 spiro atoms. The Bertz CT molecular complexity index is 1150. The van der Waals surface area contributed by atoms with Crippen molar-refractivity contribution in [1.82, 2.24) is 4.98 Å². The van der Waals surface area contributed by atoms with Gasteiger partial charge in [-0.05, 0) is 54.4 Å². The molecule has 0 amide bonds. The van der Waals surface area contributed by atoms with E-state index in [4.69, 9.17) is 10.7 Å². The van der Waals surface area contributed by atoms with Crippen molar-refractivity contribution in [2.75, 3.05) is 5.73 Å². The molecular formula is C23H25N3O3S. The highest BCUT2D eigenvalue weighted by Gasteiger charge is 2.32. The third-order valence-corrected chi connectivity index (χ3v) is 7.76. The van der Waals surface area contributed by atoms with Crippen LogP contribution in [0.15, 0.2) is 30.3 Å². The van der Waals surface area contributed by atoms with Crippen LogP contribution in [-0.2, 0) is 12.8 Å². The highest BCUT2D eigenvalue weighted by Crippen LogP contribution is 2.42. The predicted molar refractivity (Wildman–Crippen MR) is 120 cm³/mol. The second kappa shape index (κ2) is 7.47. The number of hydrogen-bond acceptors (Lipinski definition) is 6. The summed E-state index contributed by atoms with van der Waals surface area (Å²) >= 11 is 1.30. The van der Waals surface area contributed by atoms with Crippen LogP contribution in [0.5, 0.6) is 0 Å². The Kier molecular flexibility index (Phi) is 5.10. The highest BCUT2D eigenvalue weighted by atomic mass is 32.1. The molecule has 1 aliphatic carbocycles. The highest BCUT2D eigenvalue weighted by molar-refractivity contribution is 7.21. The van der Waals surface area contributed by atoms with Gasteiger partial charge in [-0.15, -0.1) is 11.3 Å². The van der Waals surface area contributed by atoms with Crippen LogP contribution >= 0.6 is 11.3 Å². The molecule has 4 rings (SSSR count). The number of nitrogen functional groups attached to an aromatic ring is 1. The van der Waals surface area contributed by atoms with Crippen LogP contribution in [0.1, 0.15) is 60.1 Å². The Morgan fingerprint density at radius 1 is 1.33 bits per heavy atom. The summed E-state index contributed by atoms with van der Waals surface area (Å²) in [5.74, 6) is 0.378. The number of anilines is 1.